The molecule has 1 aromatic carbocycles. The molecule has 3 nitrogen and oxygen atoms in total. The van der Waals surface area contributed by atoms with Gasteiger partial charge in [-0.15, -0.1) is 0 Å². The molecule has 1 aliphatic heterocycles. The zero-order chi connectivity index (χ0) is 9.97. The van der Waals surface area contributed by atoms with Crippen LogP contribution < -0.4 is 4.90 Å². The van der Waals surface area contributed by atoms with Gasteiger partial charge in [-0.05, 0) is 36.1 Å². The molecule has 1 saturated heterocycles. The van der Waals surface area contributed by atoms with Gasteiger partial charge in [-0.25, -0.2) is 0 Å². The van der Waals surface area contributed by atoms with Crippen LogP contribution >= 0.6 is 0 Å². The van der Waals surface area contributed by atoms with Gasteiger partial charge in [0.15, 0.2) is 0 Å². The van der Waals surface area contributed by atoms with Crippen molar-refractivity contribution in [2.75, 3.05) is 18.0 Å². The molecule has 76 valence electrons. The van der Waals surface area contributed by atoms with Crippen molar-refractivity contribution in [3.63, 3.8) is 0 Å². The summed E-state index contributed by atoms with van der Waals surface area (Å²) in [5, 5.41) is 0. The summed E-state index contributed by atoms with van der Waals surface area (Å²) in [6.07, 6.45) is 2.31. The average Bonchev–Trinajstić information content (AvgIpc) is 2.70. The van der Waals surface area contributed by atoms with Crippen molar-refractivity contribution in [3.8, 4) is 0 Å². The maximum Gasteiger partial charge on any atom is 0.0518 e. The summed E-state index contributed by atoms with van der Waals surface area (Å²) in [5.41, 5.74) is 0.846. The summed E-state index contributed by atoms with van der Waals surface area (Å²) in [6, 6.07) is 7.15. The smallest absolute Gasteiger partial charge is 0.0518 e. The molecule has 1 aliphatic rings. The largest absolute Gasteiger partial charge is 0.768 e. The highest BCUT2D eigenvalue weighted by Crippen LogP contribution is 2.26. The van der Waals surface area contributed by atoms with E-state index in [1.807, 2.05) is 12.1 Å². The van der Waals surface area contributed by atoms with Crippen molar-refractivity contribution in [2.24, 2.45) is 0 Å². The Bertz CT molecular complexity index is 348. The Balaban J connectivity index is 2.35. The monoisotopic (exact) mass is 210 g/mol. The van der Waals surface area contributed by atoms with E-state index < -0.39 is 11.1 Å². The van der Waals surface area contributed by atoms with E-state index in [1.165, 1.54) is 0 Å². The average molecular weight is 210 g/mol. The van der Waals surface area contributed by atoms with E-state index in [-0.39, 0.29) is 0 Å². The van der Waals surface area contributed by atoms with E-state index in [1.54, 1.807) is 12.1 Å². The van der Waals surface area contributed by atoms with E-state index >= 15 is 0 Å². The van der Waals surface area contributed by atoms with Crippen molar-refractivity contribution >= 4 is 16.8 Å². The standard InChI is InChI=1S/C10H13NO2S/c12-14(13)10-6-2-1-5-9(10)11-7-3-4-8-11/h1-2,5-6H,3-4,7-8H2,(H,12,13)/p-1. The van der Waals surface area contributed by atoms with Gasteiger partial charge in [0.1, 0.15) is 0 Å². The van der Waals surface area contributed by atoms with Gasteiger partial charge in [0.25, 0.3) is 0 Å². The maximum absolute atomic E-state index is 11.0. The Morgan fingerprint density at radius 1 is 1.21 bits per heavy atom. The highest BCUT2D eigenvalue weighted by Gasteiger charge is 2.15. The minimum Gasteiger partial charge on any atom is -0.768 e. The number of benzene rings is 1. The van der Waals surface area contributed by atoms with Gasteiger partial charge < -0.3 is 9.45 Å². The van der Waals surface area contributed by atoms with Crippen LogP contribution in [0.4, 0.5) is 5.69 Å². The molecule has 14 heavy (non-hydrogen) atoms. The molecule has 0 aromatic heterocycles. The fourth-order valence-electron chi connectivity index (χ4n) is 1.82. The normalized spacial score (nSPS) is 18.5. The van der Waals surface area contributed by atoms with Gasteiger partial charge in [0.05, 0.1) is 5.69 Å². The molecule has 0 spiro atoms. The maximum atomic E-state index is 11.0. The molecule has 1 atom stereocenters. The van der Waals surface area contributed by atoms with Gasteiger partial charge in [-0.1, -0.05) is 12.1 Å². The molecule has 4 heteroatoms. The topological polar surface area (TPSA) is 43.4 Å². The Kier molecular flexibility index (Phi) is 2.84. The third-order valence-electron chi connectivity index (χ3n) is 2.49. The SMILES string of the molecule is O=S([O-])c1ccccc1N1CCCC1. The van der Waals surface area contributed by atoms with E-state index in [2.05, 4.69) is 4.90 Å². The van der Waals surface area contributed by atoms with Crippen molar-refractivity contribution in [3.05, 3.63) is 24.3 Å². The van der Waals surface area contributed by atoms with Crippen LogP contribution in [0.5, 0.6) is 0 Å². The van der Waals surface area contributed by atoms with Gasteiger partial charge in [0, 0.05) is 18.0 Å². The quantitative estimate of drug-likeness (QED) is 0.695. The van der Waals surface area contributed by atoms with Crippen LogP contribution in [0.25, 0.3) is 0 Å². The van der Waals surface area contributed by atoms with E-state index in [0.717, 1.165) is 31.6 Å². The molecule has 2 rings (SSSR count). The number of para-hydroxylation sites is 1. The number of hydrogen-bond donors (Lipinski definition) is 0. The number of rotatable bonds is 2. The van der Waals surface area contributed by atoms with Gasteiger partial charge in [-0.2, -0.15) is 0 Å². The lowest BCUT2D eigenvalue weighted by molar-refractivity contribution is 0.537. The molecule has 0 radical (unpaired) electrons. The Morgan fingerprint density at radius 2 is 1.86 bits per heavy atom. The third kappa shape index (κ3) is 1.81. The molecule has 1 aromatic rings. The van der Waals surface area contributed by atoms with Crippen LogP contribution in [-0.2, 0) is 11.1 Å². The molecule has 0 N–H and O–H groups in total. The molecule has 0 aliphatic carbocycles. The van der Waals surface area contributed by atoms with Crippen molar-refractivity contribution < 1.29 is 8.76 Å². The lowest BCUT2D eigenvalue weighted by atomic mass is 10.3. The van der Waals surface area contributed by atoms with Crippen LogP contribution in [0, 0.1) is 0 Å². The predicted molar refractivity (Wildman–Crippen MR) is 55.1 cm³/mol. The molecular weight excluding hydrogens is 198 g/mol. The minimum atomic E-state index is -2.13. The van der Waals surface area contributed by atoms with E-state index in [4.69, 9.17) is 0 Å². The lowest BCUT2D eigenvalue weighted by Gasteiger charge is -2.21. The fraction of sp³-hybridized carbons (Fsp3) is 0.400. The number of anilines is 1. The van der Waals surface area contributed by atoms with E-state index in [0.29, 0.717) is 4.90 Å². The first kappa shape index (κ1) is 9.68. The van der Waals surface area contributed by atoms with Gasteiger partial charge >= 0.3 is 0 Å². The summed E-state index contributed by atoms with van der Waals surface area (Å²) in [4.78, 5) is 2.54. The summed E-state index contributed by atoms with van der Waals surface area (Å²) < 4.78 is 21.9. The summed E-state index contributed by atoms with van der Waals surface area (Å²) in [5.74, 6) is 0. The van der Waals surface area contributed by atoms with Crippen LogP contribution in [0.2, 0.25) is 0 Å². The lowest BCUT2D eigenvalue weighted by Crippen LogP contribution is -2.19. The van der Waals surface area contributed by atoms with Crippen LogP contribution in [0.15, 0.2) is 29.2 Å². The molecular formula is C10H12NO2S-. The Hall–Kier alpha value is -0.870. The molecule has 1 heterocycles. The van der Waals surface area contributed by atoms with Gasteiger partial charge in [-0.3, -0.25) is 4.21 Å². The molecule has 0 amide bonds. The van der Waals surface area contributed by atoms with Crippen LogP contribution in [-0.4, -0.2) is 21.9 Å². The number of hydrogen-bond acceptors (Lipinski definition) is 3. The Labute approximate surface area is 86.0 Å². The van der Waals surface area contributed by atoms with Crippen LogP contribution in [0.1, 0.15) is 12.8 Å². The predicted octanol–water partition coefficient (Wildman–Crippen LogP) is 1.52. The second-order valence-corrected chi connectivity index (χ2v) is 4.31. The zero-order valence-electron chi connectivity index (χ0n) is 7.81. The molecule has 1 fully saturated rings. The van der Waals surface area contributed by atoms with Crippen LogP contribution in [0.3, 0.4) is 0 Å². The molecule has 0 saturated carbocycles. The zero-order valence-corrected chi connectivity index (χ0v) is 8.63. The van der Waals surface area contributed by atoms with Crippen molar-refractivity contribution in [2.45, 2.75) is 17.7 Å². The first-order chi connectivity index (χ1) is 6.79. The van der Waals surface area contributed by atoms with Crippen molar-refractivity contribution in [1.82, 2.24) is 0 Å². The summed E-state index contributed by atoms with van der Waals surface area (Å²) in [6.45, 7) is 1.93. The Morgan fingerprint density at radius 3 is 2.50 bits per heavy atom. The third-order valence-corrected chi connectivity index (χ3v) is 3.20. The first-order valence-corrected chi connectivity index (χ1v) is 5.80. The van der Waals surface area contributed by atoms with E-state index in [9.17, 15) is 8.76 Å². The fourth-order valence-corrected chi connectivity index (χ4v) is 2.37. The first-order valence-electron chi connectivity index (χ1n) is 4.72. The van der Waals surface area contributed by atoms with Crippen molar-refractivity contribution in [1.29, 1.82) is 0 Å². The second-order valence-electron chi connectivity index (χ2n) is 3.40. The number of nitrogens with zero attached hydrogens (tertiary/aromatic N) is 1. The highest BCUT2D eigenvalue weighted by atomic mass is 32.2. The second kappa shape index (κ2) is 4.11. The molecule has 1 unspecified atom stereocenters. The summed E-state index contributed by atoms with van der Waals surface area (Å²) in [7, 11) is 0. The minimum absolute atomic E-state index is 0.411. The highest BCUT2D eigenvalue weighted by molar-refractivity contribution is 7.79. The van der Waals surface area contributed by atoms with Gasteiger partial charge in [0.2, 0.25) is 0 Å². The molecule has 0 bridgehead atoms. The summed E-state index contributed by atoms with van der Waals surface area (Å²) >= 11 is -2.13.